The summed E-state index contributed by atoms with van der Waals surface area (Å²) in [5.41, 5.74) is 0. The second-order valence-corrected chi connectivity index (χ2v) is 5.69. The smallest absolute Gasteiger partial charge is 0.260 e. The molecule has 20 heavy (non-hydrogen) atoms. The van der Waals surface area contributed by atoms with Crippen LogP contribution in [0.15, 0.2) is 28.7 Å². The number of hydrogen-bond acceptors (Lipinski definition) is 4. The molecular weight excluding hydrogens is 326 g/mol. The van der Waals surface area contributed by atoms with Gasteiger partial charge in [-0.3, -0.25) is 4.79 Å². The van der Waals surface area contributed by atoms with Crippen molar-refractivity contribution in [3.8, 4) is 5.75 Å². The third-order valence-corrected chi connectivity index (χ3v) is 3.73. The number of rotatable bonds is 4. The Kier molecular flexibility index (Phi) is 5.39. The van der Waals surface area contributed by atoms with E-state index in [0.717, 1.165) is 4.47 Å². The number of benzene rings is 1. The van der Waals surface area contributed by atoms with E-state index in [1.54, 1.807) is 17.0 Å². The predicted molar refractivity (Wildman–Crippen MR) is 77.6 cm³/mol. The van der Waals surface area contributed by atoms with E-state index in [9.17, 15) is 4.79 Å². The molecule has 1 aromatic carbocycles. The van der Waals surface area contributed by atoms with Gasteiger partial charge in [-0.25, -0.2) is 0 Å². The van der Waals surface area contributed by atoms with E-state index < -0.39 is 0 Å². The summed E-state index contributed by atoms with van der Waals surface area (Å²) < 4.78 is 11.8. The van der Waals surface area contributed by atoms with Crippen LogP contribution in [0.2, 0.25) is 0 Å². The first-order valence-corrected chi connectivity index (χ1v) is 7.29. The van der Waals surface area contributed by atoms with Gasteiger partial charge in [-0.2, -0.15) is 0 Å². The monoisotopic (exact) mass is 343 g/mol. The van der Waals surface area contributed by atoms with Crippen LogP contribution in [0.4, 0.5) is 0 Å². The molecule has 0 aliphatic carbocycles. The van der Waals surface area contributed by atoms with Crippen LogP contribution in [0.25, 0.3) is 0 Å². The van der Waals surface area contributed by atoms with E-state index in [0.29, 0.717) is 18.9 Å². The minimum atomic E-state index is -0.303. The Morgan fingerprint density at radius 2 is 2.20 bits per heavy atom. The molecule has 0 spiro atoms. The summed E-state index contributed by atoms with van der Waals surface area (Å²) in [6, 6.07) is 7.32. The summed E-state index contributed by atoms with van der Waals surface area (Å²) in [5, 5.41) is 9.11. The molecule has 1 N–H and O–H groups in total. The minimum absolute atomic E-state index is 0.00109. The maximum Gasteiger partial charge on any atom is 0.260 e. The van der Waals surface area contributed by atoms with Crippen molar-refractivity contribution < 1.29 is 19.4 Å². The SMILES string of the molecule is CC1COC(CO)CN1C(=O)COc1ccc(Br)cc1. The Morgan fingerprint density at radius 3 is 2.85 bits per heavy atom. The second-order valence-electron chi connectivity index (χ2n) is 4.78. The van der Waals surface area contributed by atoms with E-state index >= 15 is 0 Å². The quantitative estimate of drug-likeness (QED) is 0.898. The highest BCUT2D eigenvalue weighted by Crippen LogP contribution is 2.17. The summed E-state index contributed by atoms with van der Waals surface area (Å²) in [4.78, 5) is 13.9. The molecule has 110 valence electrons. The Labute approximate surface area is 126 Å². The number of amides is 1. The van der Waals surface area contributed by atoms with Gasteiger partial charge in [-0.1, -0.05) is 15.9 Å². The molecule has 1 saturated heterocycles. The highest BCUT2D eigenvalue weighted by Gasteiger charge is 2.29. The van der Waals surface area contributed by atoms with Gasteiger partial charge in [-0.05, 0) is 31.2 Å². The van der Waals surface area contributed by atoms with Gasteiger partial charge in [0.2, 0.25) is 0 Å². The van der Waals surface area contributed by atoms with E-state index in [4.69, 9.17) is 14.6 Å². The largest absolute Gasteiger partial charge is 0.484 e. The number of carbonyl (C=O) groups is 1. The number of morpholine rings is 1. The van der Waals surface area contributed by atoms with Crippen molar-refractivity contribution in [1.29, 1.82) is 0 Å². The first kappa shape index (κ1) is 15.3. The molecule has 1 heterocycles. The number of ether oxygens (including phenoxy) is 2. The maximum atomic E-state index is 12.2. The number of aliphatic hydroxyl groups is 1. The molecular formula is C14H18BrNO4. The first-order chi connectivity index (χ1) is 9.60. The fourth-order valence-electron chi connectivity index (χ4n) is 2.03. The Bertz CT molecular complexity index is 451. The fraction of sp³-hybridized carbons (Fsp3) is 0.500. The van der Waals surface area contributed by atoms with E-state index in [-0.39, 0.29) is 31.3 Å². The summed E-state index contributed by atoms with van der Waals surface area (Å²) in [7, 11) is 0. The Hall–Kier alpha value is -1.11. The van der Waals surface area contributed by atoms with Crippen LogP contribution in [0.1, 0.15) is 6.92 Å². The molecule has 1 aliphatic rings. The highest BCUT2D eigenvalue weighted by atomic mass is 79.9. The molecule has 0 bridgehead atoms. The van der Waals surface area contributed by atoms with Crippen molar-refractivity contribution in [2.24, 2.45) is 0 Å². The number of nitrogens with zero attached hydrogens (tertiary/aromatic N) is 1. The fourth-order valence-corrected chi connectivity index (χ4v) is 2.30. The third kappa shape index (κ3) is 3.94. The minimum Gasteiger partial charge on any atom is -0.484 e. The summed E-state index contributed by atoms with van der Waals surface area (Å²) in [6.07, 6.45) is -0.303. The van der Waals surface area contributed by atoms with Gasteiger partial charge in [0.05, 0.1) is 25.4 Å². The standard InChI is InChI=1S/C14H18BrNO4/c1-10-8-19-13(7-17)6-16(10)14(18)9-20-12-4-2-11(15)3-5-12/h2-5,10,13,17H,6-9H2,1H3. The summed E-state index contributed by atoms with van der Waals surface area (Å²) in [5.74, 6) is 0.559. The zero-order valence-corrected chi connectivity index (χ0v) is 12.9. The molecule has 0 saturated carbocycles. The molecule has 1 amide bonds. The van der Waals surface area contributed by atoms with Crippen molar-refractivity contribution in [1.82, 2.24) is 4.90 Å². The Morgan fingerprint density at radius 1 is 1.50 bits per heavy atom. The van der Waals surface area contributed by atoms with Gasteiger partial charge >= 0.3 is 0 Å². The lowest BCUT2D eigenvalue weighted by Crippen LogP contribution is -2.53. The van der Waals surface area contributed by atoms with Crippen LogP contribution in [0, 0.1) is 0 Å². The molecule has 2 unspecified atom stereocenters. The zero-order chi connectivity index (χ0) is 14.5. The van der Waals surface area contributed by atoms with E-state index in [2.05, 4.69) is 15.9 Å². The number of hydrogen-bond donors (Lipinski definition) is 1. The average Bonchev–Trinajstić information content (AvgIpc) is 2.47. The van der Waals surface area contributed by atoms with E-state index in [1.807, 2.05) is 19.1 Å². The molecule has 6 heteroatoms. The van der Waals surface area contributed by atoms with Gasteiger partial charge in [0.15, 0.2) is 6.61 Å². The summed E-state index contributed by atoms with van der Waals surface area (Å²) in [6.45, 7) is 2.68. The lowest BCUT2D eigenvalue weighted by Gasteiger charge is -2.37. The lowest BCUT2D eigenvalue weighted by molar-refractivity contribution is -0.148. The molecule has 0 radical (unpaired) electrons. The number of aliphatic hydroxyl groups excluding tert-OH is 1. The Balaban J connectivity index is 1.88. The highest BCUT2D eigenvalue weighted by molar-refractivity contribution is 9.10. The third-order valence-electron chi connectivity index (χ3n) is 3.21. The topological polar surface area (TPSA) is 59.0 Å². The number of halogens is 1. The predicted octanol–water partition coefficient (Wildman–Crippen LogP) is 1.44. The van der Waals surface area contributed by atoms with Crippen LogP contribution in [0.5, 0.6) is 5.75 Å². The van der Waals surface area contributed by atoms with Crippen molar-refractivity contribution in [3.05, 3.63) is 28.7 Å². The van der Waals surface area contributed by atoms with Crippen molar-refractivity contribution in [2.45, 2.75) is 19.1 Å². The molecule has 0 aromatic heterocycles. The normalized spacial score (nSPS) is 22.6. The van der Waals surface area contributed by atoms with Crippen molar-refractivity contribution >= 4 is 21.8 Å². The van der Waals surface area contributed by atoms with Crippen LogP contribution in [0.3, 0.4) is 0 Å². The zero-order valence-electron chi connectivity index (χ0n) is 11.3. The molecule has 1 aliphatic heterocycles. The molecule has 1 fully saturated rings. The molecule has 2 atom stereocenters. The van der Waals surface area contributed by atoms with Gasteiger partial charge in [-0.15, -0.1) is 0 Å². The molecule has 5 nitrogen and oxygen atoms in total. The molecule has 1 aromatic rings. The van der Waals surface area contributed by atoms with Gasteiger partial charge in [0.25, 0.3) is 5.91 Å². The van der Waals surface area contributed by atoms with Gasteiger partial charge < -0.3 is 19.5 Å². The molecule has 2 rings (SSSR count). The first-order valence-electron chi connectivity index (χ1n) is 6.50. The van der Waals surface area contributed by atoms with Crippen LogP contribution in [-0.2, 0) is 9.53 Å². The van der Waals surface area contributed by atoms with Gasteiger partial charge in [0.1, 0.15) is 5.75 Å². The lowest BCUT2D eigenvalue weighted by atomic mass is 10.2. The van der Waals surface area contributed by atoms with Crippen LogP contribution >= 0.6 is 15.9 Å². The van der Waals surface area contributed by atoms with E-state index in [1.165, 1.54) is 0 Å². The van der Waals surface area contributed by atoms with Crippen LogP contribution < -0.4 is 4.74 Å². The number of carbonyl (C=O) groups excluding carboxylic acids is 1. The van der Waals surface area contributed by atoms with Crippen molar-refractivity contribution in [2.75, 3.05) is 26.4 Å². The maximum absolute atomic E-state index is 12.2. The second kappa shape index (κ2) is 7.06. The van der Waals surface area contributed by atoms with Crippen molar-refractivity contribution in [3.63, 3.8) is 0 Å². The summed E-state index contributed by atoms with van der Waals surface area (Å²) >= 11 is 3.34. The average molecular weight is 344 g/mol. The van der Waals surface area contributed by atoms with Crippen LogP contribution in [-0.4, -0.2) is 54.4 Å². The van der Waals surface area contributed by atoms with Gasteiger partial charge in [0, 0.05) is 11.0 Å².